The largest absolute Gasteiger partial charge is 0.635 e. The van der Waals surface area contributed by atoms with Crippen molar-refractivity contribution in [3.05, 3.63) is 198 Å². The molecule has 0 atom stereocenters. The van der Waals surface area contributed by atoms with E-state index in [1.54, 1.807) is 0 Å². The third kappa shape index (κ3) is 7.45. The SMILES string of the molecule is Cc1ccc(C(OB(O)O)(c2ccc(C)cc2)c2c(-c3c(F)c(F)c(F)c(F)c3F)c(-c3c(F)c(F)c(F)c(F)c3F)c(C)c(-c3c(F)c(F)c(F)c(F)c3F)c2-c2c(F)c(F)c(F)c(F)c2F)cc1. The first-order chi connectivity index (χ1) is 32.7. The van der Waals surface area contributed by atoms with Gasteiger partial charge in [-0.25, -0.2) is 87.8 Å². The molecular formula is C46H19BF20O3. The fourth-order valence-electron chi connectivity index (χ4n) is 8.03. The van der Waals surface area contributed by atoms with E-state index in [1.807, 2.05) is 0 Å². The van der Waals surface area contributed by atoms with E-state index in [4.69, 9.17) is 4.65 Å². The highest BCUT2D eigenvalue weighted by Gasteiger charge is 2.50. The Labute approximate surface area is 378 Å². The molecule has 0 saturated heterocycles. The maximum atomic E-state index is 16.8. The van der Waals surface area contributed by atoms with Gasteiger partial charge in [0.25, 0.3) is 0 Å². The lowest BCUT2D eigenvalue weighted by Crippen LogP contribution is -2.40. The van der Waals surface area contributed by atoms with Crippen molar-refractivity contribution in [1.29, 1.82) is 0 Å². The lowest BCUT2D eigenvalue weighted by molar-refractivity contribution is 0.0823. The van der Waals surface area contributed by atoms with Crippen LogP contribution in [0.15, 0.2) is 48.5 Å². The van der Waals surface area contributed by atoms with Gasteiger partial charge < -0.3 is 14.7 Å². The molecule has 0 aromatic heterocycles. The van der Waals surface area contributed by atoms with E-state index in [1.165, 1.54) is 13.8 Å². The molecule has 0 amide bonds. The van der Waals surface area contributed by atoms with Crippen molar-refractivity contribution in [2.24, 2.45) is 0 Å². The summed E-state index contributed by atoms with van der Waals surface area (Å²) in [5, 5.41) is 21.5. The third-order valence-electron chi connectivity index (χ3n) is 11.1. The van der Waals surface area contributed by atoms with E-state index in [0.717, 1.165) is 48.5 Å². The molecule has 0 aliphatic carbocycles. The van der Waals surface area contributed by atoms with Crippen LogP contribution in [0.25, 0.3) is 44.5 Å². The number of aryl methyl sites for hydroxylation is 2. The minimum Gasteiger partial charge on any atom is -0.402 e. The number of rotatable bonds is 9. The van der Waals surface area contributed by atoms with Crippen molar-refractivity contribution < 1.29 is 103 Å². The fourth-order valence-corrected chi connectivity index (χ4v) is 8.03. The molecule has 0 saturated carbocycles. The van der Waals surface area contributed by atoms with Crippen molar-refractivity contribution in [3.8, 4) is 44.5 Å². The van der Waals surface area contributed by atoms with Gasteiger partial charge in [0.15, 0.2) is 93.1 Å². The van der Waals surface area contributed by atoms with Crippen molar-refractivity contribution in [1.82, 2.24) is 0 Å². The predicted molar refractivity (Wildman–Crippen MR) is 206 cm³/mol. The average molecular weight is 1010 g/mol. The van der Waals surface area contributed by atoms with Gasteiger partial charge in [-0.2, -0.15) is 0 Å². The molecule has 0 spiro atoms. The van der Waals surface area contributed by atoms with Gasteiger partial charge in [-0.15, -0.1) is 0 Å². The number of halogens is 20. The molecule has 70 heavy (non-hydrogen) atoms. The van der Waals surface area contributed by atoms with Crippen LogP contribution in [-0.4, -0.2) is 17.4 Å². The monoisotopic (exact) mass is 1010 g/mol. The topological polar surface area (TPSA) is 49.7 Å². The number of hydrogen-bond donors (Lipinski definition) is 2. The van der Waals surface area contributed by atoms with E-state index in [2.05, 4.69) is 0 Å². The second kappa shape index (κ2) is 18.1. The molecule has 364 valence electrons. The second-order valence-corrected chi connectivity index (χ2v) is 15.1. The molecule has 3 nitrogen and oxygen atoms in total. The van der Waals surface area contributed by atoms with Crippen LogP contribution in [0.1, 0.15) is 33.4 Å². The van der Waals surface area contributed by atoms with E-state index in [0.29, 0.717) is 0 Å². The highest BCUT2D eigenvalue weighted by Crippen LogP contribution is 2.59. The first kappa shape index (κ1) is 50.9. The Kier molecular flexibility index (Phi) is 13.2. The molecule has 0 heterocycles. The summed E-state index contributed by atoms with van der Waals surface area (Å²) in [7, 11) is -3.59. The zero-order valence-corrected chi connectivity index (χ0v) is 34.6. The maximum Gasteiger partial charge on any atom is 0.635 e. The Balaban J connectivity index is 2.12. The van der Waals surface area contributed by atoms with Crippen LogP contribution >= 0.6 is 0 Å². The average Bonchev–Trinajstić information content (AvgIpc) is 3.32. The van der Waals surface area contributed by atoms with E-state index >= 15 is 70.2 Å². The number of hydrogen-bond acceptors (Lipinski definition) is 3. The third-order valence-corrected chi connectivity index (χ3v) is 11.1. The summed E-state index contributed by atoms with van der Waals surface area (Å²) in [6.07, 6.45) is 0. The summed E-state index contributed by atoms with van der Waals surface area (Å²) < 4.78 is 323. The molecule has 0 aliphatic heterocycles. The Morgan fingerprint density at radius 3 is 0.714 bits per heavy atom. The first-order valence-corrected chi connectivity index (χ1v) is 19.1. The van der Waals surface area contributed by atoms with Gasteiger partial charge in [0, 0.05) is 16.7 Å². The van der Waals surface area contributed by atoms with Gasteiger partial charge in [0.2, 0.25) is 23.3 Å². The number of benzene rings is 7. The standard InChI is InChI=1S/C46H19BF20O3/c1-12-4-8-15(9-5-12)46(70-47(68)69,16-10-6-13(2)7-11-16)25-19(23-30(52)38(60)44(66)39(61)31(23)53)17(21-26(48)34(56)42(64)35(57)27(21)49)14(3)18(22-28(50)36(58)43(65)37(59)29(22)51)20(25)24-32(54)40(62)45(67)41(63)33(24)55/h4-11,68-69H,1-3H3. The zero-order chi connectivity index (χ0) is 52.1. The zero-order valence-electron chi connectivity index (χ0n) is 34.6. The van der Waals surface area contributed by atoms with Crippen LogP contribution in [-0.2, 0) is 10.3 Å². The van der Waals surface area contributed by atoms with Gasteiger partial charge in [0.05, 0.1) is 22.3 Å². The summed E-state index contributed by atoms with van der Waals surface area (Å²) in [5.41, 5.74) is -30.5. The normalized spacial score (nSPS) is 11.8. The molecule has 7 rings (SSSR count). The Morgan fingerprint density at radius 1 is 0.300 bits per heavy atom. The van der Waals surface area contributed by atoms with Crippen LogP contribution in [0.4, 0.5) is 87.8 Å². The quantitative estimate of drug-likeness (QED) is 0.0498. The molecular weight excluding hydrogens is 991 g/mol. The Morgan fingerprint density at radius 2 is 0.500 bits per heavy atom. The van der Waals surface area contributed by atoms with E-state index < -0.39 is 196 Å². The first-order valence-electron chi connectivity index (χ1n) is 19.1. The Bertz CT molecular complexity index is 3040. The molecule has 0 radical (unpaired) electrons. The van der Waals surface area contributed by atoms with Gasteiger partial charge >= 0.3 is 7.32 Å². The summed E-state index contributed by atoms with van der Waals surface area (Å²) in [6, 6.07) is 6.79. The van der Waals surface area contributed by atoms with Crippen molar-refractivity contribution in [2.45, 2.75) is 26.4 Å². The fraction of sp³-hybridized carbons (Fsp3) is 0.0870. The molecule has 7 aromatic carbocycles. The van der Waals surface area contributed by atoms with Gasteiger partial charge in [-0.3, -0.25) is 0 Å². The van der Waals surface area contributed by atoms with Crippen LogP contribution < -0.4 is 0 Å². The van der Waals surface area contributed by atoms with Crippen LogP contribution in [0.3, 0.4) is 0 Å². The summed E-state index contributed by atoms with van der Waals surface area (Å²) in [6.45, 7) is 2.62. The highest BCUT2D eigenvalue weighted by atomic mass is 19.2. The lowest BCUT2D eigenvalue weighted by Gasteiger charge is -2.41. The van der Waals surface area contributed by atoms with Crippen LogP contribution in [0.2, 0.25) is 0 Å². The second-order valence-electron chi connectivity index (χ2n) is 15.1. The molecule has 7 aromatic rings. The summed E-state index contributed by atoms with van der Waals surface area (Å²) >= 11 is 0. The molecule has 0 unspecified atom stereocenters. The Hall–Kier alpha value is -6.92. The van der Waals surface area contributed by atoms with Crippen molar-refractivity contribution in [3.63, 3.8) is 0 Å². The van der Waals surface area contributed by atoms with Crippen molar-refractivity contribution >= 4 is 7.32 Å². The highest BCUT2D eigenvalue weighted by molar-refractivity contribution is 6.33. The van der Waals surface area contributed by atoms with E-state index in [-0.39, 0.29) is 18.1 Å². The van der Waals surface area contributed by atoms with Gasteiger partial charge in [0.1, 0.15) is 5.60 Å². The molecule has 0 aliphatic rings. The van der Waals surface area contributed by atoms with Gasteiger partial charge in [-0.1, -0.05) is 59.7 Å². The predicted octanol–water partition coefficient (Wildman–Crippen LogP) is 13.3. The lowest BCUT2D eigenvalue weighted by atomic mass is 9.68. The minimum absolute atomic E-state index is 0.0246. The minimum atomic E-state index is -3.97. The molecule has 0 bridgehead atoms. The summed E-state index contributed by atoms with van der Waals surface area (Å²) in [5.74, 6) is -62.9. The van der Waals surface area contributed by atoms with Gasteiger partial charge in [-0.05, 0) is 48.6 Å². The van der Waals surface area contributed by atoms with Crippen molar-refractivity contribution in [2.75, 3.05) is 0 Å². The van der Waals surface area contributed by atoms with E-state index in [9.17, 15) is 27.6 Å². The van der Waals surface area contributed by atoms with Crippen LogP contribution in [0.5, 0.6) is 0 Å². The molecule has 0 fully saturated rings. The summed E-state index contributed by atoms with van der Waals surface area (Å²) in [4.78, 5) is 0. The smallest absolute Gasteiger partial charge is 0.402 e. The maximum absolute atomic E-state index is 16.8. The molecule has 24 heteroatoms. The van der Waals surface area contributed by atoms with Crippen LogP contribution in [0, 0.1) is 137 Å². The molecule has 2 N–H and O–H groups in total.